The van der Waals surface area contributed by atoms with Crippen molar-refractivity contribution in [3.8, 4) is 0 Å². The Morgan fingerprint density at radius 1 is 1.19 bits per heavy atom. The summed E-state index contributed by atoms with van der Waals surface area (Å²) in [7, 11) is 0. The summed E-state index contributed by atoms with van der Waals surface area (Å²) in [4.78, 5) is 28.8. The molecule has 0 radical (unpaired) electrons. The number of carbonyl (C=O) groups is 2. The molecule has 2 aliphatic rings. The van der Waals surface area contributed by atoms with Crippen molar-refractivity contribution >= 4 is 17.8 Å². The molecule has 1 saturated heterocycles. The Hall–Kier alpha value is -2.31. The van der Waals surface area contributed by atoms with E-state index in [4.69, 9.17) is 5.11 Å². The van der Waals surface area contributed by atoms with Crippen LogP contribution in [0.4, 0.5) is 10.6 Å². The summed E-state index contributed by atoms with van der Waals surface area (Å²) < 4.78 is 0. The zero-order chi connectivity index (χ0) is 14.8. The van der Waals surface area contributed by atoms with Crippen molar-refractivity contribution < 1.29 is 14.7 Å². The number of anilines is 1. The van der Waals surface area contributed by atoms with Crippen molar-refractivity contribution in [3.05, 3.63) is 23.9 Å². The van der Waals surface area contributed by atoms with Gasteiger partial charge in [0.25, 0.3) is 0 Å². The van der Waals surface area contributed by atoms with Gasteiger partial charge in [0.1, 0.15) is 5.82 Å². The minimum absolute atomic E-state index is 0.0374. The van der Waals surface area contributed by atoms with E-state index in [1.165, 1.54) is 6.07 Å². The molecule has 112 valence electrons. The number of aromatic nitrogens is 1. The average molecular weight is 290 g/mol. The lowest BCUT2D eigenvalue weighted by Gasteiger charge is -2.18. The molecule has 3 rings (SSSR count). The normalized spacial score (nSPS) is 21.1. The fourth-order valence-electron chi connectivity index (χ4n) is 2.44. The van der Waals surface area contributed by atoms with Gasteiger partial charge in [-0.2, -0.15) is 0 Å². The number of nitrogens with one attached hydrogen (secondary N) is 2. The van der Waals surface area contributed by atoms with E-state index < -0.39 is 5.97 Å². The zero-order valence-corrected chi connectivity index (χ0v) is 11.6. The molecule has 1 aliphatic carbocycles. The van der Waals surface area contributed by atoms with Crippen molar-refractivity contribution in [1.82, 2.24) is 15.6 Å². The molecule has 0 aromatic carbocycles. The summed E-state index contributed by atoms with van der Waals surface area (Å²) in [5, 5.41) is 14.8. The monoisotopic (exact) mass is 290 g/mol. The number of carbonyl (C=O) groups excluding carboxylic acids is 1. The Labute approximate surface area is 122 Å². The van der Waals surface area contributed by atoms with E-state index in [0.29, 0.717) is 18.4 Å². The summed E-state index contributed by atoms with van der Waals surface area (Å²) in [6.45, 7) is 1.40. The molecule has 2 fully saturated rings. The number of amides is 2. The lowest BCUT2D eigenvalue weighted by molar-refractivity contribution is 0.0690. The van der Waals surface area contributed by atoms with Gasteiger partial charge < -0.3 is 20.6 Å². The number of urea groups is 1. The lowest BCUT2D eigenvalue weighted by atomic mass is 10.3. The van der Waals surface area contributed by atoms with Crippen molar-refractivity contribution in [3.63, 3.8) is 0 Å². The standard InChI is InChI=1S/C14H18N4O3/c19-13(20)11-2-1-3-12(17-11)18-7-6-10(8-18)16-14(21)15-9-4-5-9/h1-3,9-10H,4-8H2,(H,19,20)(H2,15,16,21). The van der Waals surface area contributed by atoms with Gasteiger partial charge in [0.15, 0.2) is 5.69 Å². The van der Waals surface area contributed by atoms with Crippen molar-refractivity contribution in [2.45, 2.75) is 31.3 Å². The second-order valence-corrected chi connectivity index (χ2v) is 5.51. The number of hydrogen-bond acceptors (Lipinski definition) is 4. The molecule has 1 aromatic rings. The molecule has 1 aromatic heterocycles. The summed E-state index contributed by atoms with van der Waals surface area (Å²) in [6.07, 6.45) is 2.96. The third-order valence-corrected chi connectivity index (χ3v) is 3.71. The quantitative estimate of drug-likeness (QED) is 0.763. The maximum absolute atomic E-state index is 11.7. The van der Waals surface area contributed by atoms with Crippen LogP contribution in [0.3, 0.4) is 0 Å². The molecule has 0 spiro atoms. The molecule has 7 nitrogen and oxygen atoms in total. The Morgan fingerprint density at radius 2 is 1.95 bits per heavy atom. The van der Waals surface area contributed by atoms with Crippen LogP contribution in [0.1, 0.15) is 29.8 Å². The van der Waals surface area contributed by atoms with Crippen LogP contribution in [-0.4, -0.2) is 47.3 Å². The van der Waals surface area contributed by atoms with E-state index in [0.717, 1.165) is 25.8 Å². The largest absolute Gasteiger partial charge is 0.477 e. The fourth-order valence-corrected chi connectivity index (χ4v) is 2.44. The molecule has 0 bridgehead atoms. The van der Waals surface area contributed by atoms with Crippen LogP contribution < -0.4 is 15.5 Å². The SMILES string of the molecule is O=C(NC1CC1)NC1CCN(c2cccc(C(=O)O)n2)C1. The Morgan fingerprint density at radius 3 is 2.67 bits per heavy atom. The van der Waals surface area contributed by atoms with Gasteiger partial charge in [-0.15, -0.1) is 0 Å². The van der Waals surface area contributed by atoms with E-state index >= 15 is 0 Å². The summed E-state index contributed by atoms with van der Waals surface area (Å²) in [5.41, 5.74) is 0.0374. The highest BCUT2D eigenvalue weighted by Gasteiger charge is 2.28. The Balaban J connectivity index is 1.57. The third-order valence-electron chi connectivity index (χ3n) is 3.71. The van der Waals surface area contributed by atoms with Crippen LogP contribution in [-0.2, 0) is 0 Å². The minimum atomic E-state index is -1.03. The van der Waals surface area contributed by atoms with E-state index in [2.05, 4.69) is 15.6 Å². The lowest BCUT2D eigenvalue weighted by Crippen LogP contribution is -2.44. The van der Waals surface area contributed by atoms with Crippen LogP contribution in [0.2, 0.25) is 0 Å². The van der Waals surface area contributed by atoms with Crippen molar-refractivity contribution in [1.29, 1.82) is 0 Å². The first kappa shape index (κ1) is 13.7. The highest BCUT2D eigenvalue weighted by atomic mass is 16.4. The van der Waals surface area contributed by atoms with Gasteiger partial charge in [-0.05, 0) is 31.4 Å². The van der Waals surface area contributed by atoms with E-state index in [9.17, 15) is 9.59 Å². The maximum Gasteiger partial charge on any atom is 0.354 e. The summed E-state index contributed by atoms with van der Waals surface area (Å²) in [6, 6.07) is 5.25. The first-order valence-electron chi connectivity index (χ1n) is 7.14. The molecular formula is C14H18N4O3. The van der Waals surface area contributed by atoms with E-state index in [1.54, 1.807) is 12.1 Å². The van der Waals surface area contributed by atoms with Gasteiger partial charge in [-0.25, -0.2) is 14.6 Å². The van der Waals surface area contributed by atoms with Crippen LogP contribution in [0.25, 0.3) is 0 Å². The van der Waals surface area contributed by atoms with Crippen LogP contribution >= 0.6 is 0 Å². The fraction of sp³-hybridized carbons (Fsp3) is 0.500. The zero-order valence-electron chi connectivity index (χ0n) is 11.6. The Bertz CT molecular complexity index is 559. The van der Waals surface area contributed by atoms with Gasteiger partial charge >= 0.3 is 12.0 Å². The average Bonchev–Trinajstić information content (AvgIpc) is 3.14. The van der Waals surface area contributed by atoms with Crippen LogP contribution in [0.15, 0.2) is 18.2 Å². The number of aromatic carboxylic acids is 1. The smallest absolute Gasteiger partial charge is 0.354 e. The van der Waals surface area contributed by atoms with Crippen molar-refractivity contribution in [2.75, 3.05) is 18.0 Å². The van der Waals surface area contributed by atoms with Gasteiger partial charge in [-0.3, -0.25) is 0 Å². The highest BCUT2D eigenvalue weighted by molar-refractivity contribution is 5.85. The van der Waals surface area contributed by atoms with Crippen LogP contribution in [0, 0.1) is 0 Å². The van der Waals surface area contributed by atoms with Gasteiger partial charge in [0, 0.05) is 25.2 Å². The number of pyridine rings is 1. The molecule has 2 amide bonds. The predicted octanol–water partition coefficient (Wildman–Crippen LogP) is 0.820. The molecule has 21 heavy (non-hydrogen) atoms. The number of carboxylic acid groups (broad SMARTS) is 1. The molecular weight excluding hydrogens is 272 g/mol. The van der Waals surface area contributed by atoms with E-state index in [1.807, 2.05) is 4.90 Å². The molecule has 2 heterocycles. The van der Waals surface area contributed by atoms with Crippen LogP contribution in [0.5, 0.6) is 0 Å². The third kappa shape index (κ3) is 3.42. The molecule has 3 N–H and O–H groups in total. The second kappa shape index (κ2) is 5.59. The highest BCUT2D eigenvalue weighted by Crippen LogP contribution is 2.20. The molecule has 1 saturated carbocycles. The predicted molar refractivity (Wildman–Crippen MR) is 76.5 cm³/mol. The molecule has 1 aliphatic heterocycles. The Kier molecular flexibility index (Phi) is 3.64. The number of rotatable bonds is 4. The first-order valence-corrected chi connectivity index (χ1v) is 7.14. The summed E-state index contributed by atoms with van der Waals surface area (Å²) >= 11 is 0. The number of nitrogens with zero attached hydrogens (tertiary/aromatic N) is 2. The summed E-state index contributed by atoms with van der Waals surface area (Å²) in [5.74, 6) is -0.392. The second-order valence-electron chi connectivity index (χ2n) is 5.51. The molecule has 1 atom stereocenters. The molecule has 1 unspecified atom stereocenters. The first-order chi connectivity index (χ1) is 10.1. The number of hydrogen-bond donors (Lipinski definition) is 3. The van der Waals surface area contributed by atoms with Gasteiger partial charge in [0.2, 0.25) is 0 Å². The van der Waals surface area contributed by atoms with Crippen molar-refractivity contribution in [2.24, 2.45) is 0 Å². The van der Waals surface area contributed by atoms with Gasteiger partial charge in [0.05, 0.1) is 0 Å². The maximum atomic E-state index is 11.7. The molecule has 7 heteroatoms. The topological polar surface area (TPSA) is 94.6 Å². The van der Waals surface area contributed by atoms with E-state index in [-0.39, 0.29) is 17.8 Å². The number of carboxylic acids is 1. The van der Waals surface area contributed by atoms with Gasteiger partial charge in [-0.1, -0.05) is 6.07 Å². The minimum Gasteiger partial charge on any atom is -0.477 e.